The van der Waals surface area contributed by atoms with Gasteiger partial charge in [0.2, 0.25) is 0 Å². The van der Waals surface area contributed by atoms with Crippen LogP contribution in [0.4, 0.5) is 0 Å². The van der Waals surface area contributed by atoms with Crippen LogP contribution in [-0.2, 0) is 9.59 Å². The van der Waals surface area contributed by atoms with Crippen molar-refractivity contribution in [3.05, 3.63) is 41.4 Å². The van der Waals surface area contributed by atoms with Gasteiger partial charge in [0.15, 0.2) is 5.78 Å². The van der Waals surface area contributed by atoms with Gasteiger partial charge in [-0.15, -0.1) is 0 Å². The number of aliphatic carboxylic acids is 1. The van der Waals surface area contributed by atoms with Crippen LogP contribution in [0.1, 0.15) is 112 Å². The number of carboxylic acid groups (broad SMARTS) is 1. The number of carbonyl (C=O) groups is 2. The summed E-state index contributed by atoms with van der Waals surface area (Å²) in [4.78, 5) is 26.7. The van der Waals surface area contributed by atoms with Gasteiger partial charge in [0.25, 0.3) is 0 Å². The third-order valence-electron chi connectivity index (χ3n) is 13.5. The van der Waals surface area contributed by atoms with E-state index in [2.05, 4.69) is 54.5 Å². The summed E-state index contributed by atoms with van der Waals surface area (Å²) < 4.78 is 5.64. The standard InChI is InChI=1S/C35H48O4/c1-30(2)14-16-35(29(37)38)17-15-33(6)24(25(35)21-30)10-11-27-32(5)20-22(19-23-9-8-18-39-23)28(36)31(3,4)26(32)12-13-34(27,33)7/h8-10,18-19,25-27H,11-17,20-21H2,1-7H3,(H,37,38)/b22-19-/t25-,26-,27+,32-,33+,34+,35-/m0/s1. The highest BCUT2D eigenvalue weighted by atomic mass is 16.4. The summed E-state index contributed by atoms with van der Waals surface area (Å²) in [6.07, 6.45) is 14.6. The summed E-state index contributed by atoms with van der Waals surface area (Å²) in [5.41, 5.74) is 1.55. The predicted molar refractivity (Wildman–Crippen MR) is 154 cm³/mol. The van der Waals surface area contributed by atoms with Crippen molar-refractivity contribution in [1.29, 1.82) is 0 Å². The highest BCUT2D eigenvalue weighted by Crippen LogP contribution is 2.75. The van der Waals surface area contributed by atoms with Crippen LogP contribution < -0.4 is 0 Å². The Hall–Kier alpha value is -2.10. The van der Waals surface area contributed by atoms with Crippen molar-refractivity contribution in [3.63, 3.8) is 0 Å². The lowest BCUT2D eigenvalue weighted by atomic mass is 9.33. The maximum Gasteiger partial charge on any atom is 0.310 e. The van der Waals surface area contributed by atoms with Crippen LogP contribution in [0.5, 0.6) is 0 Å². The highest BCUT2D eigenvalue weighted by molar-refractivity contribution is 6.04. The molecule has 5 aliphatic carbocycles. The fourth-order valence-corrected chi connectivity index (χ4v) is 11.1. The van der Waals surface area contributed by atoms with Gasteiger partial charge >= 0.3 is 5.97 Å². The van der Waals surface area contributed by atoms with Gasteiger partial charge in [0.05, 0.1) is 11.7 Å². The van der Waals surface area contributed by atoms with Gasteiger partial charge in [-0.05, 0) is 121 Å². The van der Waals surface area contributed by atoms with Gasteiger partial charge in [0.1, 0.15) is 5.76 Å². The van der Waals surface area contributed by atoms with E-state index in [0.717, 1.165) is 69.1 Å². The molecule has 1 aromatic rings. The van der Waals surface area contributed by atoms with E-state index in [1.165, 1.54) is 5.57 Å². The molecule has 0 saturated heterocycles. The number of hydrogen-bond acceptors (Lipinski definition) is 3. The molecule has 4 saturated carbocycles. The largest absolute Gasteiger partial charge is 0.481 e. The second-order valence-electron chi connectivity index (χ2n) is 16.1. The molecule has 212 valence electrons. The molecule has 4 fully saturated rings. The summed E-state index contributed by atoms with van der Waals surface area (Å²) in [5.74, 6) is 1.35. The molecule has 1 N–H and O–H groups in total. The van der Waals surface area contributed by atoms with Crippen LogP contribution in [0.15, 0.2) is 40.0 Å². The second-order valence-corrected chi connectivity index (χ2v) is 16.1. The smallest absolute Gasteiger partial charge is 0.310 e. The number of rotatable bonds is 2. The van der Waals surface area contributed by atoms with Crippen LogP contribution in [0, 0.1) is 50.2 Å². The molecule has 0 aliphatic heterocycles. The molecule has 7 atom stereocenters. The van der Waals surface area contributed by atoms with Gasteiger partial charge < -0.3 is 9.52 Å². The minimum Gasteiger partial charge on any atom is -0.481 e. The predicted octanol–water partition coefficient (Wildman–Crippen LogP) is 8.73. The quantitative estimate of drug-likeness (QED) is 0.305. The fraction of sp³-hybridized carbons (Fsp3) is 0.714. The zero-order valence-electron chi connectivity index (χ0n) is 25.2. The molecule has 1 heterocycles. The van der Waals surface area contributed by atoms with Crippen molar-refractivity contribution in [2.75, 3.05) is 0 Å². The number of furan rings is 1. The van der Waals surface area contributed by atoms with Crippen molar-refractivity contribution in [1.82, 2.24) is 0 Å². The number of ketones is 1. The Balaban J connectivity index is 1.45. The highest BCUT2D eigenvalue weighted by Gasteiger charge is 2.69. The average Bonchev–Trinajstić information content (AvgIpc) is 3.35. The van der Waals surface area contributed by atoms with Crippen LogP contribution in [-0.4, -0.2) is 16.9 Å². The first kappa shape index (κ1) is 27.1. The molecule has 0 unspecified atom stereocenters. The Morgan fingerprint density at radius 1 is 1.00 bits per heavy atom. The molecule has 39 heavy (non-hydrogen) atoms. The number of fused-ring (bicyclic) bond motifs is 7. The van der Waals surface area contributed by atoms with Crippen molar-refractivity contribution >= 4 is 17.8 Å². The van der Waals surface area contributed by atoms with Gasteiger partial charge in [-0.25, -0.2) is 0 Å². The molecule has 4 nitrogen and oxygen atoms in total. The first-order valence-corrected chi connectivity index (χ1v) is 15.3. The molecular weight excluding hydrogens is 484 g/mol. The first-order valence-electron chi connectivity index (χ1n) is 15.3. The zero-order chi connectivity index (χ0) is 28.2. The molecule has 0 aromatic carbocycles. The van der Waals surface area contributed by atoms with E-state index in [1.807, 2.05) is 18.2 Å². The fourth-order valence-electron chi connectivity index (χ4n) is 11.1. The zero-order valence-corrected chi connectivity index (χ0v) is 25.2. The van der Waals surface area contributed by atoms with Crippen molar-refractivity contribution in [2.45, 2.75) is 106 Å². The molecule has 1 aromatic heterocycles. The first-order chi connectivity index (χ1) is 18.1. The summed E-state index contributed by atoms with van der Waals surface area (Å²) in [6, 6.07) is 3.82. The number of allylic oxidation sites excluding steroid dienone is 3. The molecule has 0 bridgehead atoms. The lowest BCUT2D eigenvalue weighted by Crippen LogP contribution is -2.65. The number of Topliss-reactive ketones (excluding diaryl/α,β-unsaturated/α-hetero) is 1. The topological polar surface area (TPSA) is 67.5 Å². The normalized spacial score (nSPS) is 45.4. The van der Waals surface area contributed by atoms with Crippen molar-refractivity contribution in [3.8, 4) is 0 Å². The minimum absolute atomic E-state index is 0.0129. The summed E-state index contributed by atoms with van der Waals surface area (Å²) in [6.45, 7) is 16.5. The van der Waals surface area contributed by atoms with E-state index in [-0.39, 0.29) is 33.4 Å². The minimum atomic E-state index is -0.608. The summed E-state index contributed by atoms with van der Waals surface area (Å²) >= 11 is 0. The van der Waals surface area contributed by atoms with E-state index in [9.17, 15) is 14.7 Å². The molecule has 0 spiro atoms. The lowest BCUT2D eigenvalue weighted by molar-refractivity contribution is -0.184. The Bertz CT molecular complexity index is 1260. The van der Waals surface area contributed by atoms with Crippen LogP contribution in [0.3, 0.4) is 0 Å². The molecule has 6 rings (SSSR count). The Morgan fingerprint density at radius 2 is 1.72 bits per heavy atom. The third-order valence-corrected chi connectivity index (χ3v) is 13.5. The Kier molecular flexibility index (Phi) is 5.71. The van der Waals surface area contributed by atoms with Crippen LogP contribution in [0.25, 0.3) is 6.08 Å². The monoisotopic (exact) mass is 532 g/mol. The maximum absolute atomic E-state index is 13.8. The molecule has 0 radical (unpaired) electrons. The second kappa shape index (κ2) is 8.23. The number of hydrogen-bond donors (Lipinski definition) is 1. The maximum atomic E-state index is 13.8. The van der Waals surface area contributed by atoms with Gasteiger partial charge in [-0.3, -0.25) is 9.59 Å². The van der Waals surface area contributed by atoms with Gasteiger partial charge in [0, 0.05) is 5.41 Å². The van der Waals surface area contributed by atoms with Crippen molar-refractivity contribution < 1.29 is 19.1 Å². The molecule has 5 aliphatic rings. The van der Waals surface area contributed by atoms with Crippen LogP contribution >= 0.6 is 0 Å². The van der Waals surface area contributed by atoms with E-state index in [4.69, 9.17) is 4.42 Å². The Morgan fingerprint density at radius 3 is 2.38 bits per heavy atom. The number of carbonyl (C=O) groups excluding carboxylic acids is 1. The molecule has 0 amide bonds. The van der Waals surface area contributed by atoms with Crippen molar-refractivity contribution in [2.24, 2.45) is 50.2 Å². The number of carboxylic acids is 1. The third kappa shape index (κ3) is 3.48. The van der Waals surface area contributed by atoms with E-state index in [0.29, 0.717) is 11.8 Å². The van der Waals surface area contributed by atoms with Gasteiger partial charge in [-0.1, -0.05) is 60.1 Å². The summed E-state index contributed by atoms with van der Waals surface area (Å²) in [5, 5.41) is 10.6. The van der Waals surface area contributed by atoms with E-state index >= 15 is 0 Å². The van der Waals surface area contributed by atoms with Gasteiger partial charge in [-0.2, -0.15) is 0 Å². The SMILES string of the molecule is CC1(C)CC[C@]2(C(=O)O)CC[C@]3(C)C(=CC[C@@H]4[C@@]5(C)C/C(=C/c6ccco6)C(=O)C(C)(C)[C@@H]5CC[C@]43C)[C@@H]2C1. The Labute approximate surface area is 234 Å². The average molecular weight is 533 g/mol. The van der Waals surface area contributed by atoms with E-state index < -0.39 is 16.8 Å². The van der Waals surface area contributed by atoms with E-state index in [1.54, 1.807) is 6.26 Å². The lowest BCUT2D eigenvalue weighted by Gasteiger charge is -2.70. The van der Waals surface area contributed by atoms with Crippen LogP contribution in [0.2, 0.25) is 0 Å². The summed E-state index contributed by atoms with van der Waals surface area (Å²) in [7, 11) is 0. The molecule has 4 heteroatoms. The molecular formula is C35H48O4.